The van der Waals surface area contributed by atoms with E-state index in [1.807, 2.05) is 0 Å². The molecule has 1 aromatic rings. The highest BCUT2D eigenvalue weighted by molar-refractivity contribution is 5.47. The van der Waals surface area contributed by atoms with Gasteiger partial charge in [0.2, 0.25) is 0 Å². The number of nitrogens with two attached hydrogens (primary N) is 1. The van der Waals surface area contributed by atoms with Crippen LogP contribution in [-0.4, -0.2) is 13.1 Å². The molecule has 1 aromatic carbocycles. The van der Waals surface area contributed by atoms with E-state index in [-0.39, 0.29) is 0 Å². The largest absolute Gasteiger partial charge is 0.371 e. The van der Waals surface area contributed by atoms with Gasteiger partial charge in [-0.05, 0) is 30.0 Å². The van der Waals surface area contributed by atoms with Gasteiger partial charge < -0.3 is 10.6 Å². The van der Waals surface area contributed by atoms with Gasteiger partial charge in [-0.15, -0.1) is 0 Å². The van der Waals surface area contributed by atoms with Gasteiger partial charge in [0.05, 0.1) is 0 Å². The van der Waals surface area contributed by atoms with E-state index in [1.54, 1.807) is 0 Å². The van der Waals surface area contributed by atoms with E-state index in [0.717, 1.165) is 19.0 Å². The third-order valence-corrected chi connectivity index (χ3v) is 3.26. The van der Waals surface area contributed by atoms with Crippen LogP contribution in [0.2, 0.25) is 0 Å². The third-order valence-electron chi connectivity index (χ3n) is 3.26. The summed E-state index contributed by atoms with van der Waals surface area (Å²) in [6, 6.07) is 8.66. The lowest BCUT2D eigenvalue weighted by Crippen LogP contribution is -2.29. The van der Waals surface area contributed by atoms with Crippen molar-refractivity contribution < 1.29 is 0 Å². The molecule has 96 valence electrons. The summed E-state index contributed by atoms with van der Waals surface area (Å²) >= 11 is 0. The van der Waals surface area contributed by atoms with Crippen LogP contribution >= 0.6 is 0 Å². The van der Waals surface area contributed by atoms with Crippen LogP contribution in [0.1, 0.15) is 39.2 Å². The fraction of sp³-hybridized carbons (Fsp3) is 0.600. The predicted molar refractivity (Wildman–Crippen MR) is 76.3 cm³/mol. The van der Waals surface area contributed by atoms with Crippen LogP contribution in [0, 0.1) is 5.92 Å². The summed E-state index contributed by atoms with van der Waals surface area (Å²) in [7, 11) is 0. The van der Waals surface area contributed by atoms with E-state index in [2.05, 4.69) is 49.9 Å². The van der Waals surface area contributed by atoms with Gasteiger partial charge in [-0.1, -0.05) is 39.3 Å². The Labute approximate surface area is 106 Å². The zero-order valence-electron chi connectivity index (χ0n) is 11.4. The first kappa shape index (κ1) is 14.0. The zero-order valence-corrected chi connectivity index (χ0v) is 11.4. The molecule has 2 N–H and O–H groups in total. The number of hydrogen-bond acceptors (Lipinski definition) is 2. The normalized spacial score (nSPS) is 12.5. The predicted octanol–water partition coefficient (Wildman–Crippen LogP) is 3.41. The van der Waals surface area contributed by atoms with Crippen molar-refractivity contribution in [2.75, 3.05) is 18.0 Å². The van der Waals surface area contributed by atoms with Gasteiger partial charge in [-0.3, -0.25) is 0 Å². The summed E-state index contributed by atoms with van der Waals surface area (Å²) in [5.74, 6) is 0.746. The Morgan fingerprint density at radius 1 is 1.18 bits per heavy atom. The van der Waals surface area contributed by atoms with Gasteiger partial charge in [0.25, 0.3) is 0 Å². The van der Waals surface area contributed by atoms with Crippen LogP contribution in [-0.2, 0) is 6.54 Å². The molecule has 0 aliphatic heterocycles. The summed E-state index contributed by atoms with van der Waals surface area (Å²) in [6.45, 7) is 9.71. The number of rotatable bonds is 7. The summed E-state index contributed by atoms with van der Waals surface area (Å²) in [5.41, 5.74) is 8.15. The van der Waals surface area contributed by atoms with Gasteiger partial charge in [-0.2, -0.15) is 0 Å². The quantitative estimate of drug-likeness (QED) is 0.783. The van der Waals surface area contributed by atoms with Crippen molar-refractivity contribution in [2.45, 2.75) is 40.2 Å². The molecule has 0 radical (unpaired) electrons. The van der Waals surface area contributed by atoms with Crippen LogP contribution in [0.25, 0.3) is 0 Å². The fourth-order valence-electron chi connectivity index (χ4n) is 1.94. The SMILES string of the molecule is CCCN(CC(C)CC)c1ccc(CN)cc1. The van der Waals surface area contributed by atoms with E-state index in [9.17, 15) is 0 Å². The average Bonchev–Trinajstić information content (AvgIpc) is 2.38. The second-order valence-corrected chi connectivity index (χ2v) is 4.83. The number of nitrogens with zero attached hydrogens (tertiary/aromatic N) is 1. The number of anilines is 1. The van der Waals surface area contributed by atoms with E-state index < -0.39 is 0 Å². The lowest BCUT2D eigenvalue weighted by molar-refractivity contribution is 0.541. The van der Waals surface area contributed by atoms with Crippen LogP contribution in [0.5, 0.6) is 0 Å². The molecule has 17 heavy (non-hydrogen) atoms. The number of benzene rings is 1. The average molecular weight is 234 g/mol. The zero-order chi connectivity index (χ0) is 12.7. The first-order valence-corrected chi connectivity index (χ1v) is 6.75. The lowest BCUT2D eigenvalue weighted by atomic mass is 10.1. The molecule has 0 heterocycles. The Bertz CT molecular complexity index is 305. The summed E-state index contributed by atoms with van der Waals surface area (Å²) in [5, 5.41) is 0. The molecule has 0 aliphatic carbocycles. The molecular formula is C15H26N2. The minimum atomic E-state index is 0.624. The van der Waals surface area contributed by atoms with Crippen molar-refractivity contribution >= 4 is 5.69 Å². The smallest absolute Gasteiger partial charge is 0.0366 e. The first-order chi connectivity index (χ1) is 8.21. The molecule has 0 saturated carbocycles. The monoisotopic (exact) mass is 234 g/mol. The molecule has 2 heteroatoms. The topological polar surface area (TPSA) is 29.3 Å². The second kappa shape index (κ2) is 7.33. The molecule has 0 amide bonds. The van der Waals surface area contributed by atoms with Gasteiger partial charge in [0.1, 0.15) is 0 Å². The van der Waals surface area contributed by atoms with Gasteiger partial charge >= 0.3 is 0 Å². The minimum absolute atomic E-state index is 0.624. The highest BCUT2D eigenvalue weighted by Crippen LogP contribution is 2.18. The van der Waals surface area contributed by atoms with E-state index in [4.69, 9.17) is 5.73 Å². The van der Waals surface area contributed by atoms with Crippen LogP contribution < -0.4 is 10.6 Å². The standard InChI is InChI=1S/C15H26N2/c1-4-10-17(12-13(3)5-2)15-8-6-14(11-16)7-9-15/h6-9,13H,4-5,10-12,16H2,1-3H3. The van der Waals surface area contributed by atoms with Crippen molar-refractivity contribution in [3.05, 3.63) is 29.8 Å². The maximum Gasteiger partial charge on any atom is 0.0366 e. The highest BCUT2D eigenvalue weighted by atomic mass is 15.1. The number of hydrogen-bond donors (Lipinski definition) is 1. The van der Waals surface area contributed by atoms with Crippen molar-refractivity contribution in [3.63, 3.8) is 0 Å². The van der Waals surface area contributed by atoms with Crippen molar-refractivity contribution in [2.24, 2.45) is 11.7 Å². The van der Waals surface area contributed by atoms with Crippen molar-refractivity contribution in [3.8, 4) is 0 Å². The molecule has 0 bridgehead atoms. The molecule has 0 saturated heterocycles. The Hall–Kier alpha value is -1.02. The Balaban J connectivity index is 2.73. The Kier molecular flexibility index (Phi) is 6.06. The van der Waals surface area contributed by atoms with Crippen molar-refractivity contribution in [1.29, 1.82) is 0 Å². The van der Waals surface area contributed by atoms with E-state index in [0.29, 0.717) is 6.54 Å². The van der Waals surface area contributed by atoms with E-state index in [1.165, 1.54) is 24.1 Å². The second-order valence-electron chi connectivity index (χ2n) is 4.83. The molecule has 0 spiro atoms. The molecule has 0 aromatic heterocycles. The van der Waals surface area contributed by atoms with Gasteiger partial charge in [0.15, 0.2) is 0 Å². The molecule has 1 unspecified atom stereocenters. The highest BCUT2D eigenvalue weighted by Gasteiger charge is 2.09. The Morgan fingerprint density at radius 3 is 2.29 bits per heavy atom. The van der Waals surface area contributed by atoms with Crippen LogP contribution in [0.4, 0.5) is 5.69 Å². The first-order valence-electron chi connectivity index (χ1n) is 6.75. The maximum atomic E-state index is 5.62. The summed E-state index contributed by atoms with van der Waals surface area (Å²) < 4.78 is 0. The molecule has 1 atom stereocenters. The summed E-state index contributed by atoms with van der Waals surface area (Å²) in [6.07, 6.45) is 2.43. The van der Waals surface area contributed by atoms with Crippen LogP contribution in [0.15, 0.2) is 24.3 Å². The molecule has 0 fully saturated rings. The Morgan fingerprint density at radius 2 is 1.82 bits per heavy atom. The van der Waals surface area contributed by atoms with Crippen LogP contribution in [0.3, 0.4) is 0 Å². The van der Waals surface area contributed by atoms with Gasteiger partial charge in [0, 0.05) is 25.3 Å². The molecule has 1 rings (SSSR count). The third kappa shape index (κ3) is 4.39. The van der Waals surface area contributed by atoms with Gasteiger partial charge in [-0.25, -0.2) is 0 Å². The molecule has 2 nitrogen and oxygen atoms in total. The molecule has 0 aliphatic rings. The van der Waals surface area contributed by atoms with E-state index >= 15 is 0 Å². The fourth-order valence-corrected chi connectivity index (χ4v) is 1.94. The van der Waals surface area contributed by atoms with Crippen molar-refractivity contribution in [1.82, 2.24) is 0 Å². The minimum Gasteiger partial charge on any atom is -0.371 e. The molecular weight excluding hydrogens is 208 g/mol. The summed E-state index contributed by atoms with van der Waals surface area (Å²) in [4.78, 5) is 2.48. The lowest BCUT2D eigenvalue weighted by Gasteiger charge is -2.27. The maximum absolute atomic E-state index is 5.62.